The summed E-state index contributed by atoms with van der Waals surface area (Å²) in [6.07, 6.45) is 2.52. The van der Waals surface area contributed by atoms with Gasteiger partial charge in [0, 0.05) is 18.6 Å². The van der Waals surface area contributed by atoms with Crippen LogP contribution in [0.4, 0.5) is 0 Å². The molecule has 3 heteroatoms. The van der Waals surface area contributed by atoms with Crippen molar-refractivity contribution in [3.05, 3.63) is 35.4 Å². The van der Waals surface area contributed by atoms with Crippen molar-refractivity contribution in [2.45, 2.75) is 38.3 Å². The molecule has 1 atom stereocenters. The van der Waals surface area contributed by atoms with Crippen LogP contribution in [-0.4, -0.2) is 43.2 Å². The van der Waals surface area contributed by atoms with Gasteiger partial charge in [0.1, 0.15) is 0 Å². The number of nitrogens with one attached hydrogen (secondary N) is 1. The lowest BCUT2D eigenvalue weighted by atomic mass is 9.97. The molecule has 1 fully saturated rings. The molecule has 1 unspecified atom stereocenters. The van der Waals surface area contributed by atoms with Crippen LogP contribution < -0.4 is 5.32 Å². The summed E-state index contributed by atoms with van der Waals surface area (Å²) >= 11 is 0. The number of ether oxygens (including phenoxy) is 1. The van der Waals surface area contributed by atoms with Gasteiger partial charge in [-0.15, -0.1) is 0 Å². The lowest BCUT2D eigenvalue weighted by molar-refractivity contribution is 0.0135. The lowest BCUT2D eigenvalue weighted by Gasteiger charge is -2.34. The minimum atomic E-state index is 0.199. The quantitative estimate of drug-likeness (QED) is 0.896. The summed E-state index contributed by atoms with van der Waals surface area (Å²) in [6.45, 7) is 9.83. The molecule has 1 aromatic rings. The molecule has 0 radical (unpaired) electrons. The predicted octanol–water partition coefficient (Wildman–Crippen LogP) is 2.37. The van der Waals surface area contributed by atoms with Crippen LogP contribution in [0.3, 0.4) is 0 Å². The van der Waals surface area contributed by atoms with Crippen molar-refractivity contribution >= 4 is 0 Å². The SMILES string of the molecule is CC1(C)CN(CC2OCCc3ccccc32)CCCN1. The zero-order valence-corrected chi connectivity index (χ0v) is 12.7. The van der Waals surface area contributed by atoms with E-state index in [4.69, 9.17) is 4.74 Å². The van der Waals surface area contributed by atoms with Crippen molar-refractivity contribution in [3.63, 3.8) is 0 Å². The normalized spacial score (nSPS) is 26.8. The Morgan fingerprint density at radius 3 is 3.10 bits per heavy atom. The second-order valence-electron chi connectivity index (χ2n) is 6.71. The van der Waals surface area contributed by atoms with Crippen molar-refractivity contribution in [1.29, 1.82) is 0 Å². The Morgan fingerprint density at radius 2 is 2.20 bits per heavy atom. The number of hydrogen-bond donors (Lipinski definition) is 1. The molecule has 0 spiro atoms. The summed E-state index contributed by atoms with van der Waals surface area (Å²) in [5.41, 5.74) is 3.06. The van der Waals surface area contributed by atoms with E-state index >= 15 is 0 Å². The smallest absolute Gasteiger partial charge is 0.0954 e. The maximum absolute atomic E-state index is 6.05. The lowest BCUT2D eigenvalue weighted by Crippen LogP contribution is -2.47. The van der Waals surface area contributed by atoms with E-state index < -0.39 is 0 Å². The van der Waals surface area contributed by atoms with E-state index in [0.717, 1.165) is 32.7 Å². The summed E-state index contributed by atoms with van der Waals surface area (Å²) in [5.74, 6) is 0. The minimum absolute atomic E-state index is 0.199. The van der Waals surface area contributed by atoms with Crippen molar-refractivity contribution in [2.75, 3.05) is 32.8 Å². The van der Waals surface area contributed by atoms with E-state index in [2.05, 4.69) is 48.3 Å². The molecule has 20 heavy (non-hydrogen) atoms. The van der Waals surface area contributed by atoms with E-state index in [1.807, 2.05) is 0 Å². The minimum Gasteiger partial charge on any atom is -0.372 e. The largest absolute Gasteiger partial charge is 0.372 e. The predicted molar refractivity (Wildman–Crippen MR) is 82.0 cm³/mol. The van der Waals surface area contributed by atoms with Gasteiger partial charge in [0.15, 0.2) is 0 Å². The molecule has 1 aromatic carbocycles. The van der Waals surface area contributed by atoms with Crippen molar-refractivity contribution in [3.8, 4) is 0 Å². The molecule has 1 N–H and O–H groups in total. The first-order valence-corrected chi connectivity index (χ1v) is 7.81. The highest BCUT2D eigenvalue weighted by Crippen LogP contribution is 2.28. The van der Waals surface area contributed by atoms with E-state index in [9.17, 15) is 0 Å². The number of rotatable bonds is 2. The van der Waals surface area contributed by atoms with Crippen LogP contribution in [0.5, 0.6) is 0 Å². The Morgan fingerprint density at radius 1 is 1.35 bits per heavy atom. The number of hydrogen-bond acceptors (Lipinski definition) is 3. The molecule has 3 rings (SSSR count). The molecule has 3 nitrogen and oxygen atoms in total. The summed E-state index contributed by atoms with van der Waals surface area (Å²) < 4.78 is 6.05. The second-order valence-corrected chi connectivity index (χ2v) is 6.71. The van der Waals surface area contributed by atoms with Crippen molar-refractivity contribution in [2.24, 2.45) is 0 Å². The highest BCUT2D eigenvalue weighted by Gasteiger charge is 2.28. The van der Waals surface area contributed by atoms with E-state index in [1.165, 1.54) is 24.1 Å². The zero-order valence-electron chi connectivity index (χ0n) is 12.7. The first kappa shape index (κ1) is 14.1. The molecule has 0 saturated carbocycles. The van der Waals surface area contributed by atoms with Gasteiger partial charge in [-0.25, -0.2) is 0 Å². The van der Waals surface area contributed by atoms with E-state index in [0.29, 0.717) is 0 Å². The fourth-order valence-corrected chi connectivity index (χ4v) is 3.44. The monoisotopic (exact) mass is 274 g/mol. The van der Waals surface area contributed by atoms with Crippen LogP contribution in [0.15, 0.2) is 24.3 Å². The molecule has 0 aromatic heterocycles. The van der Waals surface area contributed by atoms with Gasteiger partial charge in [0.2, 0.25) is 0 Å². The highest BCUT2D eigenvalue weighted by molar-refractivity contribution is 5.31. The maximum atomic E-state index is 6.05. The maximum Gasteiger partial charge on any atom is 0.0954 e. The number of benzene rings is 1. The van der Waals surface area contributed by atoms with Gasteiger partial charge in [-0.1, -0.05) is 24.3 Å². The van der Waals surface area contributed by atoms with Crippen molar-refractivity contribution < 1.29 is 4.74 Å². The summed E-state index contributed by atoms with van der Waals surface area (Å²) in [6, 6.07) is 8.76. The first-order valence-electron chi connectivity index (χ1n) is 7.81. The molecule has 1 saturated heterocycles. The molecule has 2 aliphatic rings. The van der Waals surface area contributed by atoms with Crippen LogP contribution >= 0.6 is 0 Å². The van der Waals surface area contributed by atoms with Crippen LogP contribution in [0.25, 0.3) is 0 Å². The summed E-state index contributed by atoms with van der Waals surface area (Å²) in [5, 5.41) is 3.62. The van der Waals surface area contributed by atoms with Gasteiger partial charge in [-0.2, -0.15) is 0 Å². The second kappa shape index (κ2) is 5.84. The number of nitrogens with zero attached hydrogens (tertiary/aromatic N) is 1. The Labute approximate surface area is 122 Å². The molecular weight excluding hydrogens is 248 g/mol. The molecule has 2 aliphatic heterocycles. The third-order valence-electron chi connectivity index (χ3n) is 4.39. The third-order valence-corrected chi connectivity index (χ3v) is 4.39. The van der Waals surface area contributed by atoms with Gasteiger partial charge in [-0.05, 0) is 50.9 Å². The van der Waals surface area contributed by atoms with Crippen LogP contribution in [0.2, 0.25) is 0 Å². The standard InChI is InChI=1S/C17H26N2O/c1-17(2)13-19(10-5-9-18-17)12-16-15-7-4-3-6-14(15)8-11-20-16/h3-4,6-7,16,18H,5,8-13H2,1-2H3. The highest BCUT2D eigenvalue weighted by atomic mass is 16.5. The van der Waals surface area contributed by atoms with Gasteiger partial charge in [0.05, 0.1) is 12.7 Å². The first-order chi connectivity index (χ1) is 9.64. The summed E-state index contributed by atoms with van der Waals surface area (Å²) in [7, 11) is 0. The molecule has 0 bridgehead atoms. The van der Waals surface area contributed by atoms with Gasteiger partial charge < -0.3 is 10.1 Å². The average molecular weight is 274 g/mol. The Hall–Kier alpha value is -0.900. The molecular formula is C17H26N2O. The molecule has 2 heterocycles. The molecule has 110 valence electrons. The Bertz CT molecular complexity index is 458. The van der Waals surface area contributed by atoms with Crippen LogP contribution in [0.1, 0.15) is 37.5 Å². The van der Waals surface area contributed by atoms with Crippen molar-refractivity contribution in [1.82, 2.24) is 10.2 Å². The fraction of sp³-hybridized carbons (Fsp3) is 0.647. The topological polar surface area (TPSA) is 24.5 Å². The van der Waals surface area contributed by atoms with Gasteiger partial charge in [-0.3, -0.25) is 4.90 Å². The molecule has 0 aliphatic carbocycles. The van der Waals surface area contributed by atoms with E-state index in [1.54, 1.807) is 0 Å². The molecule has 0 amide bonds. The van der Waals surface area contributed by atoms with Gasteiger partial charge in [0.25, 0.3) is 0 Å². The third kappa shape index (κ3) is 3.22. The zero-order chi connectivity index (χ0) is 14.0. The van der Waals surface area contributed by atoms with Crippen LogP contribution in [0, 0.1) is 0 Å². The van der Waals surface area contributed by atoms with E-state index in [-0.39, 0.29) is 11.6 Å². The van der Waals surface area contributed by atoms with Crippen LogP contribution in [-0.2, 0) is 11.2 Å². The van der Waals surface area contributed by atoms with Gasteiger partial charge >= 0.3 is 0 Å². The summed E-state index contributed by atoms with van der Waals surface area (Å²) in [4.78, 5) is 2.56. The average Bonchev–Trinajstić information content (AvgIpc) is 2.60. The number of fused-ring (bicyclic) bond motifs is 1. The Balaban J connectivity index is 1.72. The Kier molecular flexibility index (Phi) is 4.11. The fourth-order valence-electron chi connectivity index (χ4n) is 3.44.